The van der Waals surface area contributed by atoms with Gasteiger partial charge in [-0.25, -0.2) is 0 Å². The summed E-state index contributed by atoms with van der Waals surface area (Å²) in [6, 6.07) is 10.4. The van der Waals surface area contributed by atoms with Gasteiger partial charge in [0.25, 0.3) is 0 Å². The molecule has 2 heteroatoms. The Kier molecular flexibility index (Phi) is 5.37. The van der Waals surface area contributed by atoms with E-state index in [0.717, 1.165) is 24.9 Å². The molecule has 0 spiro atoms. The van der Waals surface area contributed by atoms with Gasteiger partial charge in [-0.2, -0.15) is 0 Å². The maximum Gasteiger partial charge on any atom is 0.0790 e. The number of hydrogen-bond acceptors (Lipinski definition) is 2. The van der Waals surface area contributed by atoms with Crippen LogP contribution in [0.15, 0.2) is 30.3 Å². The second-order valence-corrected chi connectivity index (χ2v) is 4.18. The molecule has 0 bridgehead atoms. The van der Waals surface area contributed by atoms with Crippen molar-refractivity contribution in [2.45, 2.75) is 38.8 Å². The molecule has 1 unspecified atom stereocenters. The van der Waals surface area contributed by atoms with E-state index < -0.39 is 0 Å². The van der Waals surface area contributed by atoms with Crippen LogP contribution in [-0.2, 0) is 0 Å². The van der Waals surface area contributed by atoms with Crippen molar-refractivity contribution in [3.63, 3.8) is 0 Å². The Labute approximate surface area is 92.3 Å². The number of aliphatic hydroxyl groups excluding tert-OH is 1. The minimum absolute atomic E-state index is 0.319. The molecule has 0 radical (unpaired) electrons. The Morgan fingerprint density at radius 1 is 1.20 bits per heavy atom. The number of benzene rings is 1. The van der Waals surface area contributed by atoms with Gasteiger partial charge in [-0.3, -0.25) is 0 Å². The van der Waals surface area contributed by atoms with Gasteiger partial charge in [0.15, 0.2) is 0 Å². The molecule has 1 rings (SSSR count). The van der Waals surface area contributed by atoms with Crippen LogP contribution in [0.1, 0.15) is 38.4 Å². The van der Waals surface area contributed by atoms with Crippen LogP contribution < -0.4 is 5.32 Å². The third-order valence-corrected chi connectivity index (χ3v) is 2.39. The molecule has 2 N–H and O–H groups in total. The average Bonchev–Trinajstić information content (AvgIpc) is 2.25. The van der Waals surface area contributed by atoms with Crippen molar-refractivity contribution in [2.24, 2.45) is 0 Å². The summed E-state index contributed by atoms with van der Waals surface area (Å²) in [4.78, 5) is 0. The molecule has 0 saturated heterocycles. The maximum atomic E-state index is 9.86. The molecule has 0 heterocycles. The van der Waals surface area contributed by atoms with E-state index in [4.69, 9.17) is 0 Å². The van der Waals surface area contributed by atoms with Crippen molar-refractivity contribution in [1.29, 1.82) is 0 Å². The maximum absolute atomic E-state index is 9.86. The van der Waals surface area contributed by atoms with Crippen molar-refractivity contribution in [2.75, 3.05) is 6.54 Å². The second kappa shape index (κ2) is 6.59. The monoisotopic (exact) mass is 207 g/mol. The van der Waals surface area contributed by atoms with Gasteiger partial charge < -0.3 is 10.4 Å². The largest absolute Gasteiger partial charge is 0.388 e. The summed E-state index contributed by atoms with van der Waals surface area (Å²) in [5.74, 6) is 0. The molecule has 0 aliphatic heterocycles. The van der Waals surface area contributed by atoms with E-state index in [0.29, 0.717) is 6.04 Å². The highest BCUT2D eigenvalue weighted by Gasteiger charge is 2.05. The second-order valence-electron chi connectivity index (χ2n) is 4.18. The fraction of sp³-hybridized carbons (Fsp3) is 0.538. The van der Waals surface area contributed by atoms with Crippen molar-refractivity contribution in [1.82, 2.24) is 5.32 Å². The third kappa shape index (κ3) is 4.96. The molecule has 1 aromatic rings. The lowest BCUT2D eigenvalue weighted by molar-refractivity contribution is 0.164. The van der Waals surface area contributed by atoms with Crippen molar-refractivity contribution in [3.8, 4) is 0 Å². The SMILES string of the molecule is CC(C)NCCCC(O)c1ccccc1. The molecule has 0 saturated carbocycles. The topological polar surface area (TPSA) is 32.3 Å². The molecule has 0 aliphatic rings. The molecule has 1 aromatic carbocycles. The van der Waals surface area contributed by atoms with E-state index in [9.17, 15) is 5.11 Å². The van der Waals surface area contributed by atoms with Crippen LogP contribution in [0.4, 0.5) is 0 Å². The number of aliphatic hydroxyl groups is 1. The Balaban J connectivity index is 2.22. The highest BCUT2D eigenvalue weighted by atomic mass is 16.3. The van der Waals surface area contributed by atoms with Crippen LogP contribution in [0.5, 0.6) is 0 Å². The van der Waals surface area contributed by atoms with E-state index in [-0.39, 0.29) is 6.10 Å². The van der Waals surface area contributed by atoms with Gasteiger partial charge in [0.05, 0.1) is 6.10 Å². The summed E-state index contributed by atoms with van der Waals surface area (Å²) in [5.41, 5.74) is 1.02. The van der Waals surface area contributed by atoms with Gasteiger partial charge in [0.2, 0.25) is 0 Å². The molecule has 0 fully saturated rings. The molecule has 0 amide bonds. The van der Waals surface area contributed by atoms with Crippen LogP contribution in [0.25, 0.3) is 0 Å². The Morgan fingerprint density at radius 2 is 1.87 bits per heavy atom. The van der Waals surface area contributed by atoms with Crippen molar-refractivity contribution in [3.05, 3.63) is 35.9 Å². The first-order valence-corrected chi connectivity index (χ1v) is 5.66. The van der Waals surface area contributed by atoms with Crippen LogP contribution in [-0.4, -0.2) is 17.7 Å². The Hall–Kier alpha value is -0.860. The van der Waals surface area contributed by atoms with Gasteiger partial charge >= 0.3 is 0 Å². The summed E-state index contributed by atoms with van der Waals surface area (Å²) >= 11 is 0. The summed E-state index contributed by atoms with van der Waals surface area (Å²) in [6.07, 6.45) is 1.51. The third-order valence-electron chi connectivity index (χ3n) is 2.39. The first-order chi connectivity index (χ1) is 7.20. The summed E-state index contributed by atoms with van der Waals surface area (Å²) in [7, 11) is 0. The lowest BCUT2D eigenvalue weighted by atomic mass is 10.1. The minimum atomic E-state index is -0.319. The number of nitrogens with one attached hydrogen (secondary N) is 1. The molecule has 0 aliphatic carbocycles. The van der Waals surface area contributed by atoms with Gasteiger partial charge in [-0.05, 0) is 24.9 Å². The normalized spacial score (nSPS) is 13.1. The van der Waals surface area contributed by atoms with Crippen LogP contribution >= 0.6 is 0 Å². The Morgan fingerprint density at radius 3 is 2.47 bits per heavy atom. The van der Waals surface area contributed by atoms with E-state index in [2.05, 4.69) is 19.2 Å². The van der Waals surface area contributed by atoms with Crippen LogP contribution in [0.2, 0.25) is 0 Å². The molecule has 1 atom stereocenters. The lowest BCUT2D eigenvalue weighted by Crippen LogP contribution is -2.23. The van der Waals surface area contributed by atoms with Gasteiger partial charge in [0, 0.05) is 6.04 Å². The Bertz CT molecular complexity index is 258. The predicted octanol–water partition coefficient (Wildman–Crippen LogP) is 2.50. The molecule has 2 nitrogen and oxygen atoms in total. The summed E-state index contributed by atoms with van der Waals surface area (Å²) in [5, 5.41) is 13.2. The van der Waals surface area contributed by atoms with Crippen molar-refractivity contribution < 1.29 is 5.11 Å². The standard InChI is InChI=1S/C13H21NO/c1-11(2)14-10-6-9-13(15)12-7-4-3-5-8-12/h3-5,7-8,11,13-15H,6,9-10H2,1-2H3. The van der Waals surface area contributed by atoms with E-state index >= 15 is 0 Å². The fourth-order valence-corrected chi connectivity index (χ4v) is 1.53. The highest BCUT2D eigenvalue weighted by molar-refractivity contribution is 5.16. The quantitative estimate of drug-likeness (QED) is 0.702. The minimum Gasteiger partial charge on any atom is -0.388 e. The predicted molar refractivity (Wildman–Crippen MR) is 63.8 cm³/mol. The molecule has 0 aromatic heterocycles. The zero-order chi connectivity index (χ0) is 11.1. The van der Waals surface area contributed by atoms with Crippen LogP contribution in [0, 0.1) is 0 Å². The van der Waals surface area contributed by atoms with E-state index in [1.54, 1.807) is 0 Å². The number of hydrogen-bond donors (Lipinski definition) is 2. The smallest absolute Gasteiger partial charge is 0.0790 e. The van der Waals surface area contributed by atoms with E-state index in [1.165, 1.54) is 0 Å². The fourth-order valence-electron chi connectivity index (χ4n) is 1.53. The van der Waals surface area contributed by atoms with Gasteiger partial charge in [-0.1, -0.05) is 44.2 Å². The summed E-state index contributed by atoms with van der Waals surface area (Å²) < 4.78 is 0. The van der Waals surface area contributed by atoms with Gasteiger partial charge in [0.1, 0.15) is 0 Å². The molecular weight excluding hydrogens is 186 g/mol. The van der Waals surface area contributed by atoms with Crippen LogP contribution in [0.3, 0.4) is 0 Å². The van der Waals surface area contributed by atoms with Gasteiger partial charge in [-0.15, -0.1) is 0 Å². The zero-order valence-electron chi connectivity index (χ0n) is 9.61. The zero-order valence-corrected chi connectivity index (χ0v) is 9.61. The number of rotatable bonds is 6. The molecule has 15 heavy (non-hydrogen) atoms. The first kappa shape index (κ1) is 12.2. The molecular formula is C13H21NO. The molecule has 84 valence electrons. The first-order valence-electron chi connectivity index (χ1n) is 5.66. The lowest BCUT2D eigenvalue weighted by Gasteiger charge is -2.12. The highest BCUT2D eigenvalue weighted by Crippen LogP contribution is 2.16. The average molecular weight is 207 g/mol. The van der Waals surface area contributed by atoms with Crippen molar-refractivity contribution >= 4 is 0 Å². The summed E-state index contributed by atoms with van der Waals surface area (Å²) in [6.45, 7) is 5.24. The van der Waals surface area contributed by atoms with E-state index in [1.807, 2.05) is 30.3 Å².